The second-order valence-electron chi connectivity index (χ2n) is 4.49. The standard InChI is InChI=1S/C14H25NO2/c1-12(2)11-15-9-5-7-14(16)8-6-10-17-13(3)4/h6,8,13,15H,1,5,7,9-11H2,2-4H3/b8-6+. The van der Waals surface area contributed by atoms with E-state index in [2.05, 4.69) is 11.9 Å². The predicted molar refractivity (Wildman–Crippen MR) is 72.2 cm³/mol. The lowest BCUT2D eigenvalue weighted by molar-refractivity contribution is -0.114. The normalized spacial score (nSPS) is 11.3. The molecule has 0 rings (SSSR count). The third kappa shape index (κ3) is 13.0. The first-order valence-electron chi connectivity index (χ1n) is 6.18. The van der Waals surface area contributed by atoms with Crippen LogP contribution in [0.5, 0.6) is 0 Å². The van der Waals surface area contributed by atoms with E-state index in [1.807, 2.05) is 20.8 Å². The summed E-state index contributed by atoms with van der Waals surface area (Å²) in [5, 5.41) is 3.22. The lowest BCUT2D eigenvalue weighted by Crippen LogP contribution is -2.17. The van der Waals surface area contributed by atoms with Gasteiger partial charge in [-0.2, -0.15) is 0 Å². The highest BCUT2D eigenvalue weighted by molar-refractivity contribution is 5.89. The molecule has 0 aromatic heterocycles. The van der Waals surface area contributed by atoms with Gasteiger partial charge in [0.1, 0.15) is 0 Å². The van der Waals surface area contributed by atoms with Crippen LogP contribution in [0.2, 0.25) is 0 Å². The third-order valence-electron chi connectivity index (χ3n) is 2.03. The van der Waals surface area contributed by atoms with Crippen molar-refractivity contribution in [3.05, 3.63) is 24.3 Å². The van der Waals surface area contributed by atoms with Gasteiger partial charge in [0.15, 0.2) is 5.78 Å². The molecule has 0 radical (unpaired) electrons. The fraction of sp³-hybridized carbons (Fsp3) is 0.643. The highest BCUT2D eigenvalue weighted by Gasteiger charge is 1.96. The van der Waals surface area contributed by atoms with Gasteiger partial charge in [0, 0.05) is 13.0 Å². The predicted octanol–water partition coefficient (Wildman–Crippen LogP) is 2.48. The van der Waals surface area contributed by atoms with Crippen molar-refractivity contribution in [3.8, 4) is 0 Å². The summed E-state index contributed by atoms with van der Waals surface area (Å²) in [5.74, 6) is 0.162. The summed E-state index contributed by atoms with van der Waals surface area (Å²) in [5.41, 5.74) is 1.11. The molecule has 0 fully saturated rings. The quantitative estimate of drug-likeness (QED) is 0.361. The first kappa shape index (κ1) is 16.1. The molecule has 0 bridgehead atoms. The Hall–Kier alpha value is -0.930. The molecule has 0 spiro atoms. The Morgan fingerprint density at radius 3 is 2.76 bits per heavy atom. The number of hydrogen-bond donors (Lipinski definition) is 1. The van der Waals surface area contributed by atoms with Gasteiger partial charge in [-0.1, -0.05) is 18.2 Å². The summed E-state index contributed by atoms with van der Waals surface area (Å²) in [7, 11) is 0. The van der Waals surface area contributed by atoms with E-state index < -0.39 is 0 Å². The maximum atomic E-state index is 11.4. The molecule has 0 aliphatic heterocycles. The summed E-state index contributed by atoms with van der Waals surface area (Å²) in [6, 6.07) is 0. The monoisotopic (exact) mass is 239 g/mol. The van der Waals surface area contributed by atoms with Gasteiger partial charge in [0.2, 0.25) is 0 Å². The second kappa shape index (κ2) is 10.2. The molecule has 3 nitrogen and oxygen atoms in total. The van der Waals surface area contributed by atoms with Crippen LogP contribution in [0.15, 0.2) is 24.3 Å². The molecule has 0 heterocycles. The van der Waals surface area contributed by atoms with Crippen LogP contribution in [-0.4, -0.2) is 31.6 Å². The molecule has 0 aliphatic rings. The zero-order valence-corrected chi connectivity index (χ0v) is 11.3. The van der Waals surface area contributed by atoms with E-state index in [1.54, 1.807) is 12.2 Å². The van der Waals surface area contributed by atoms with Crippen LogP contribution in [0.4, 0.5) is 0 Å². The Labute approximate surface area is 105 Å². The Balaban J connectivity index is 3.43. The van der Waals surface area contributed by atoms with Gasteiger partial charge < -0.3 is 10.1 Å². The van der Waals surface area contributed by atoms with Gasteiger partial charge in [-0.05, 0) is 39.8 Å². The van der Waals surface area contributed by atoms with Crippen molar-refractivity contribution >= 4 is 5.78 Å². The van der Waals surface area contributed by atoms with Crippen LogP contribution < -0.4 is 5.32 Å². The minimum atomic E-state index is 0.162. The molecule has 0 saturated heterocycles. The number of rotatable bonds is 10. The minimum Gasteiger partial charge on any atom is -0.375 e. The number of ketones is 1. The molecular weight excluding hydrogens is 214 g/mol. The van der Waals surface area contributed by atoms with Crippen LogP contribution in [0.3, 0.4) is 0 Å². The van der Waals surface area contributed by atoms with Gasteiger partial charge in [0.25, 0.3) is 0 Å². The van der Waals surface area contributed by atoms with Crippen LogP contribution in [0.1, 0.15) is 33.6 Å². The van der Waals surface area contributed by atoms with E-state index in [-0.39, 0.29) is 11.9 Å². The second-order valence-corrected chi connectivity index (χ2v) is 4.49. The smallest absolute Gasteiger partial charge is 0.155 e. The average molecular weight is 239 g/mol. The van der Waals surface area contributed by atoms with Gasteiger partial charge in [-0.25, -0.2) is 0 Å². The summed E-state index contributed by atoms with van der Waals surface area (Å²) < 4.78 is 5.30. The molecule has 0 unspecified atom stereocenters. The van der Waals surface area contributed by atoms with Crippen molar-refractivity contribution < 1.29 is 9.53 Å². The van der Waals surface area contributed by atoms with Crippen LogP contribution in [-0.2, 0) is 9.53 Å². The summed E-state index contributed by atoms with van der Waals surface area (Å²) in [6.07, 6.45) is 5.05. The molecule has 17 heavy (non-hydrogen) atoms. The zero-order valence-electron chi connectivity index (χ0n) is 11.3. The van der Waals surface area contributed by atoms with Crippen molar-refractivity contribution in [2.45, 2.75) is 39.7 Å². The van der Waals surface area contributed by atoms with Gasteiger partial charge in [-0.15, -0.1) is 0 Å². The topological polar surface area (TPSA) is 38.3 Å². The Morgan fingerprint density at radius 2 is 2.18 bits per heavy atom. The van der Waals surface area contributed by atoms with Crippen molar-refractivity contribution in [2.75, 3.05) is 19.7 Å². The van der Waals surface area contributed by atoms with Crippen molar-refractivity contribution in [3.63, 3.8) is 0 Å². The highest BCUT2D eigenvalue weighted by Crippen LogP contribution is 1.93. The molecule has 98 valence electrons. The summed E-state index contributed by atoms with van der Waals surface area (Å²) in [4.78, 5) is 11.4. The number of nitrogens with one attached hydrogen (secondary N) is 1. The first-order chi connectivity index (χ1) is 8.02. The molecule has 0 aromatic rings. The van der Waals surface area contributed by atoms with Crippen LogP contribution >= 0.6 is 0 Å². The number of ether oxygens (including phenoxy) is 1. The van der Waals surface area contributed by atoms with Gasteiger partial charge >= 0.3 is 0 Å². The van der Waals surface area contributed by atoms with Gasteiger partial charge in [-0.3, -0.25) is 4.79 Å². The lowest BCUT2D eigenvalue weighted by Gasteiger charge is -2.03. The molecule has 0 amide bonds. The lowest BCUT2D eigenvalue weighted by atomic mass is 10.2. The largest absolute Gasteiger partial charge is 0.375 e. The van der Waals surface area contributed by atoms with E-state index in [9.17, 15) is 4.79 Å². The molecule has 0 aliphatic carbocycles. The number of carbonyl (C=O) groups excluding carboxylic acids is 1. The van der Waals surface area contributed by atoms with E-state index >= 15 is 0 Å². The van der Waals surface area contributed by atoms with Crippen molar-refractivity contribution in [1.29, 1.82) is 0 Å². The van der Waals surface area contributed by atoms with Gasteiger partial charge in [0.05, 0.1) is 12.7 Å². The molecule has 0 saturated carbocycles. The fourth-order valence-electron chi connectivity index (χ4n) is 1.20. The molecular formula is C14H25NO2. The maximum absolute atomic E-state index is 11.4. The maximum Gasteiger partial charge on any atom is 0.155 e. The van der Waals surface area contributed by atoms with Crippen molar-refractivity contribution in [2.24, 2.45) is 0 Å². The molecule has 0 aromatic carbocycles. The number of allylic oxidation sites excluding steroid dienone is 1. The SMILES string of the molecule is C=C(C)CNCCCC(=O)/C=C/COC(C)C. The fourth-order valence-corrected chi connectivity index (χ4v) is 1.20. The van der Waals surface area contributed by atoms with Crippen molar-refractivity contribution in [1.82, 2.24) is 5.32 Å². The Bertz CT molecular complexity index is 257. The van der Waals surface area contributed by atoms with E-state index in [1.165, 1.54) is 0 Å². The Kier molecular flexibility index (Phi) is 9.68. The zero-order chi connectivity index (χ0) is 13.1. The van der Waals surface area contributed by atoms with Crippen LogP contribution in [0, 0.1) is 0 Å². The third-order valence-corrected chi connectivity index (χ3v) is 2.03. The minimum absolute atomic E-state index is 0.162. The number of carbonyl (C=O) groups is 1. The van der Waals surface area contributed by atoms with Crippen LogP contribution in [0.25, 0.3) is 0 Å². The first-order valence-corrected chi connectivity index (χ1v) is 6.18. The molecule has 3 heteroatoms. The highest BCUT2D eigenvalue weighted by atomic mass is 16.5. The Morgan fingerprint density at radius 1 is 1.47 bits per heavy atom. The summed E-state index contributed by atoms with van der Waals surface area (Å²) >= 11 is 0. The summed E-state index contributed by atoms with van der Waals surface area (Å²) in [6.45, 7) is 11.9. The average Bonchev–Trinajstić information content (AvgIpc) is 2.23. The number of hydrogen-bond acceptors (Lipinski definition) is 3. The van der Waals surface area contributed by atoms with E-state index in [4.69, 9.17) is 4.74 Å². The van der Waals surface area contributed by atoms with E-state index in [0.717, 1.165) is 25.1 Å². The molecule has 1 N–H and O–H groups in total. The van der Waals surface area contributed by atoms with E-state index in [0.29, 0.717) is 13.0 Å². The molecule has 0 atom stereocenters.